The van der Waals surface area contributed by atoms with Crippen molar-refractivity contribution in [2.24, 2.45) is 5.10 Å². The third kappa shape index (κ3) is 3.94. The molecule has 0 unspecified atom stereocenters. The normalized spacial score (nSPS) is 14.6. The molecule has 23 heavy (non-hydrogen) atoms. The zero-order chi connectivity index (χ0) is 16.4. The Morgan fingerprint density at radius 3 is 2.39 bits per heavy atom. The lowest BCUT2D eigenvalue weighted by Gasteiger charge is -2.24. The highest BCUT2D eigenvalue weighted by Gasteiger charge is 2.21. The van der Waals surface area contributed by atoms with Crippen LogP contribution >= 0.6 is 39.1 Å². The Labute approximate surface area is 153 Å². The Morgan fingerprint density at radius 1 is 1.09 bits per heavy atom. The van der Waals surface area contributed by atoms with E-state index in [1.807, 2.05) is 24.3 Å². The van der Waals surface area contributed by atoms with Crippen molar-refractivity contribution in [3.63, 3.8) is 0 Å². The summed E-state index contributed by atoms with van der Waals surface area (Å²) < 4.78 is 0.936. The molecule has 0 N–H and O–H groups in total. The first kappa shape index (κ1) is 16.5. The van der Waals surface area contributed by atoms with Gasteiger partial charge in [0.05, 0.1) is 5.71 Å². The number of halogens is 3. The van der Waals surface area contributed by atoms with E-state index >= 15 is 0 Å². The van der Waals surface area contributed by atoms with Gasteiger partial charge >= 0.3 is 0 Å². The van der Waals surface area contributed by atoms with E-state index < -0.39 is 0 Å². The van der Waals surface area contributed by atoms with Gasteiger partial charge in [-0.3, -0.25) is 4.79 Å². The summed E-state index contributed by atoms with van der Waals surface area (Å²) in [7, 11) is 0. The number of hydrogen-bond acceptors (Lipinski definition) is 2. The summed E-state index contributed by atoms with van der Waals surface area (Å²) in [6.07, 6.45) is 1.64. The van der Waals surface area contributed by atoms with Crippen molar-refractivity contribution in [3.8, 4) is 0 Å². The standard InChI is InChI=1S/C17H13BrCl2N2O/c18-13-5-3-11(4-6-13)17(23)22-7-1-2-16(21-22)12-8-14(19)10-15(20)9-12/h3-6,8-10H,1-2,7H2. The molecule has 1 aliphatic heterocycles. The van der Waals surface area contributed by atoms with Crippen LogP contribution in [0.1, 0.15) is 28.8 Å². The minimum Gasteiger partial charge on any atom is -0.267 e. The molecule has 1 amide bonds. The highest BCUT2D eigenvalue weighted by atomic mass is 79.9. The zero-order valence-corrected chi connectivity index (χ0v) is 15.2. The van der Waals surface area contributed by atoms with E-state index in [1.54, 1.807) is 18.2 Å². The van der Waals surface area contributed by atoms with Crippen molar-refractivity contribution in [2.75, 3.05) is 6.54 Å². The quantitative estimate of drug-likeness (QED) is 0.651. The first-order valence-corrected chi connectivity index (χ1v) is 8.69. The summed E-state index contributed by atoms with van der Waals surface area (Å²) in [5.41, 5.74) is 2.30. The lowest BCUT2D eigenvalue weighted by atomic mass is 10.0. The molecule has 0 aliphatic carbocycles. The molecule has 0 saturated heterocycles. The van der Waals surface area contributed by atoms with Crippen LogP contribution < -0.4 is 0 Å². The number of carbonyl (C=O) groups is 1. The predicted molar refractivity (Wildman–Crippen MR) is 97.4 cm³/mol. The number of amides is 1. The molecule has 0 spiro atoms. The van der Waals surface area contributed by atoms with Crippen LogP contribution in [0.25, 0.3) is 0 Å². The van der Waals surface area contributed by atoms with Crippen LogP contribution in [0.5, 0.6) is 0 Å². The van der Waals surface area contributed by atoms with Gasteiger partial charge in [-0.25, -0.2) is 5.01 Å². The second-order valence-corrected chi connectivity index (χ2v) is 7.03. The first-order chi connectivity index (χ1) is 11.0. The Morgan fingerprint density at radius 2 is 1.74 bits per heavy atom. The fraction of sp³-hybridized carbons (Fsp3) is 0.176. The van der Waals surface area contributed by atoms with Gasteiger partial charge in [0, 0.05) is 32.2 Å². The van der Waals surface area contributed by atoms with Gasteiger partial charge in [0.25, 0.3) is 5.91 Å². The predicted octanol–water partition coefficient (Wildman–Crippen LogP) is 5.40. The largest absolute Gasteiger partial charge is 0.273 e. The number of nitrogens with zero attached hydrogens (tertiary/aromatic N) is 2. The van der Waals surface area contributed by atoms with Crippen molar-refractivity contribution < 1.29 is 4.79 Å². The summed E-state index contributed by atoms with van der Waals surface area (Å²) >= 11 is 15.5. The van der Waals surface area contributed by atoms with Crippen LogP contribution in [0.2, 0.25) is 10.0 Å². The number of rotatable bonds is 2. The molecule has 0 atom stereocenters. The molecule has 0 bridgehead atoms. The molecule has 1 heterocycles. The molecule has 0 fully saturated rings. The van der Waals surface area contributed by atoms with Crippen LogP contribution in [0, 0.1) is 0 Å². The van der Waals surface area contributed by atoms with Gasteiger partial charge < -0.3 is 0 Å². The SMILES string of the molecule is O=C(c1ccc(Br)cc1)N1CCCC(c2cc(Cl)cc(Cl)c2)=N1. The van der Waals surface area contributed by atoms with Gasteiger partial charge in [0.1, 0.15) is 0 Å². The molecule has 2 aromatic rings. The highest BCUT2D eigenvalue weighted by molar-refractivity contribution is 9.10. The molecular formula is C17H13BrCl2N2O. The second kappa shape index (κ2) is 7.04. The third-order valence-electron chi connectivity index (χ3n) is 3.55. The average molecular weight is 412 g/mol. The lowest BCUT2D eigenvalue weighted by molar-refractivity contribution is 0.0751. The Hall–Kier alpha value is -1.36. The number of hydrazone groups is 1. The third-order valence-corrected chi connectivity index (χ3v) is 4.51. The fourth-order valence-corrected chi connectivity index (χ4v) is 3.24. The molecule has 0 saturated carbocycles. The summed E-state index contributed by atoms with van der Waals surface area (Å²) in [5.74, 6) is -0.108. The molecule has 3 nitrogen and oxygen atoms in total. The highest BCUT2D eigenvalue weighted by Crippen LogP contribution is 2.23. The molecular weight excluding hydrogens is 399 g/mol. The van der Waals surface area contributed by atoms with E-state index in [2.05, 4.69) is 21.0 Å². The molecule has 6 heteroatoms. The van der Waals surface area contributed by atoms with Crippen LogP contribution in [0.4, 0.5) is 0 Å². The van der Waals surface area contributed by atoms with Crippen molar-refractivity contribution in [3.05, 3.63) is 68.1 Å². The minimum absolute atomic E-state index is 0.108. The maximum atomic E-state index is 12.6. The Bertz CT molecular complexity index is 754. The molecule has 0 aromatic heterocycles. The van der Waals surface area contributed by atoms with Crippen LogP contribution in [0.15, 0.2) is 52.0 Å². The number of benzene rings is 2. The van der Waals surface area contributed by atoms with Gasteiger partial charge in [-0.15, -0.1) is 0 Å². The van der Waals surface area contributed by atoms with Crippen molar-refractivity contribution in [1.29, 1.82) is 0 Å². The van der Waals surface area contributed by atoms with Gasteiger partial charge in [0.2, 0.25) is 0 Å². The molecule has 1 aliphatic rings. The minimum atomic E-state index is -0.108. The van der Waals surface area contributed by atoms with Crippen LogP contribution in [-0.4, -0.2) is 23.2 Å². The lowest BCUT2D eigenvalue weighted by Crippen LogP contribution is -2.32. The molecule has 2 aromatic carbocycles. The van der Waals surface area contributed by atoms with Gasteiger partial charge in [-0.2, -0.15) is 5.10 Å². The van der Waals surface area contributed by atoms with E-state index in [-0.39, 0.29) is 5.91 Å². The molecule has 118 valence electrons. The summed E-state index contributed by atoms with van der Waals surface area (Å²) in [6.45, 7) is 0.604. The maximum absolute atomic E-state index is 12.6. The van der Waals surface area contributed by atoms with Gasteiger partial charge in [-0.05, 0) is 55.3 Å². The van der Waals surface area contributed by atoms with Crippen molar-refractivity contribution in [1.82, 2.24) is 5.01 Å². The summed E-state index contributed by atoms with van der Waals surface area (Å²) in [5, 5.41) is 7.14. The summed E-state index contributed by atoms with van der Waals surface area (Å²) in [4.78, 5) is 12.6. The van der Waals surface area contributed by atoms with Crippen molar-refractivity contribution >= 4 is 50.8 Å². The van der Waals surface area contributed by atoms with Crippen LogP contribution in [-0.2, 0) is 0 Å². The Kier molecular flexibility index (Phi) is 5.05. The molecule has 0 radical (unpaired) electrons. The first-order valence-electron chi connectivity index (χ1n) is 7.14. The van der Waals surface area contributed by atoms with E-state index in [0.29, 0.717) is 22.2 Å². The zero-order valence-electron chi connectivity index (χ0n) is 12.1. The van der Waals surface area contributed by atoms with E-state index in [0.717, 1.165) is 28.6 Å². The summed E-state index contributed by atoms with van der Waals surface area (Å²) in [6, 6.07) is 12.6. The van der Waals surface area contributed by atoms with E-state index in [9.17, 15) is 4.79 Å². The number of hydrogen-bond donors (Lipinski definition) is 0. The smallest absolute Gasteiger partial charge is 0.267 e. The topological polar surface area (TPSA) is 32.7 Å². The van der Waals surface area contributed by atoms with Gasteiger partial charge in [-0.1, -0.05) is 39.1 Å². The van der Waals surface area contributed by atoms with Crippen LogP contribution in [0.3, 0.4) is 0 Å². The molecule has 3 rings (SSSR count). The average Bonchev–Trinajstić information content (AvgIpc) is 2.54. The van der Waals surface area contributed by atoms with Crippen molar-refractivity contribution in [2.45, 2.75) is 12.8 Å². The van der Waals surface area contributed by atoms with E-state index in [1.165, 1.54) is 5.01 Å². The van der Waals surface area contributed by atoms with Gasteiger partial charge in [0.15, 0.2) is 0 Å². The van der Waals surface area contributed by atoms with E-state index in [4.69, 9.17) is 23.2 Å². The fourth-order valence-electron chi connectivity index (χ4n) is 2.45. The second-order valence-electron chi connectivity index (χ2n) is 5.24. The number of carbonyl (C=O) groups excluding carboxylic acids is 1. The maximum Gasteiger partial charge on any atom is 0.273 e. The monoisotopic (exact) mass is 410 g/mol. The Balaban J connectivity index is 1.89.